The number of benzene rings is 3. The van der Waals surface area contributed by atoms with Crippen LogP contribution in [0.15, 0.2) is 54.6 Å². The Morgan fingerprint density at radius 3 is 2.51 bits per heavy atom. The Bertz CT molecular complexity index is 1670. The molecule has 0 saturated carbocycles. The van der Waals surface area contributed by atoms with Gasteiger partial charge in [-0.15, -0.1) is 0 Å². The van der Waals surface area contributed by atoms with Crippen LogP contribution in [0.1, 0.15) is 41.0 Å². The lowest BCUT2D eigenvalue weighted by atomic mass is 9.87. The van der Waals surface area contributed by atoms with E-state index in [1.165, 1.54) is 11.6 Å². The van der Waals surface area contributed by atoms with Crippen molar-refractivity contribution < 1.29 is 23.0 Å². The highest BCUT2D eigenvalue weighted by Gasteiger charge is 2.35. The van der Waals surface area contributed by atoms with E-state index in [2.05, 4.69) is 34.4 Å². The average Bonchev–Trinajstić information content (AvgIpc) is 3.43. The highest BCUT2D eigenvalue weighted by Crippen LogP contribution is 2.39. The number of nitrogens with zero attached hydrogens (tertiary/aromatic N) is 3. The number of nitrogens with one attached hydrogen (secondary N) is 2. The van der Waals surface area contributed by atoms with E-state index < -0.39 is 11.6 Å². The number of halogens is 2. The fourth-order valence-corrected chi connectivity index (χ4v) is 5.39. The van der Waals surface area contributed by atoms with Crippen molar-refractivity contribution in [1.29, 1.82) is 0 Å². The molecule has 0 fully saturated rings. The summed E-state index contributed by atoms with van der Waals surface area (Å²) in [6.45, 7) is 5.48. The molecule has 0 bridgehead atoms. The minimum atomic E-state index is -0.788. The molecule has 2 N–H and O–H groups in total. The van der Waals surface area contributed by atoms with E-state index >= 15 is 0 Å². The molecular formula is C31H29F2N5O3. The molecule has 0 spiro atoms. The molecule has 0 unspecified atom stereocenters. The van der Waals surface area contributed by atoms with Gasteiger partial charge in [0.1, 0.15) is 34.5 Å². The first-order valence-corrected chi connectivity index (χ1v) is 13.2. The predicted molar refractivity (Wildman–Crippen MR) is 152 cm³/mol. The summed E-state index contributed by atoms with van der Waals surface area (Å²) in [5.74, 6) is -0.643. The van der Waals surface area contributed by atoms with Crippen molar-refractivity contribution in [3.63, 3.8) is 0 Å². The molecule has 8 nitrogen and oxygen atoms in total. The summed E-state index contributed by atoms with van der Waals surface area (Å²) in [6.07, 6.45) is 0. The molecule has 3 heterocycles. The number of anilines is 3. The highest BCUT2D eigenvalue weighted by molar-refractivity contribution is 6.03. The maximum atomic E-state index is 14.8. The minimum absolute atomic E-state index is 0.0153. The van der Waals surface area contributed by atoms with Gasteiger partial charge in [-0.05, 0) is 42.0 Å². The van der Waals surface area contributed by atoms with Crippen LogP contribution in [0.2, 0.25) is 0 Å². The van der Waals surface area contributed by atoms with E-state index in [4.69, 9.17) is 9.47 Å². The van der Waals surface area contributed by atoms with Crippen molar-refractivity contribution in [2.75, 3.05) is 31.4 Å². The normalized spacial score (nSPS) is 14.9. The van der Waals surface area contributed by atoms with Crippen LogP contribution in [0.5, 0.6) is 11.5 Å². The predicted octanol–water partition coefficient (Wildman–Crippen LogP) is 6.04. The Kier molecular flexibility index (Phi) is 6.48. The molecule has 1 aromatic heterocycles. The van der Waals surface area contributed by atoms with Crippen molar-refractivity contribution in [3.8, 4) is 22.9 Å². The maximum absolute atomic E-state index is 14.8. The molecule has 0 atom stereocenters. The van der Waals surface area contributed by atoms with Gasteiger partial charge < -0.3 is 25.0 Å². The maximum Gasteiger partial charge on any atom is 0.260 e. The lowest BCUT2D eigenvalue weighted by molar-refractivity contribution is 0.0765. The van der Waals surface area contributed by atoms with Crippen molar-refractivity contribution >= 4 is 23.1 Å². The zero-order valence-electron chi connectivity index (χ0n) is 23.1. The van der Waals surface area contributed by atoms with Crippen molar-refractivity contribution in [2.24, 2.45) is 0 Å². The third kappa shape index (κ3) is 4.69. The molecule has 210 valence electrons. The summed E-state index contributed by atoms with van der Waals surface area (Å²) < 4.78 is 40.4. The van der Waals surface area contributed by atoms with Crippen LogP contribution >= 0.6 is 0 Å². The van der Waals surface area contributed by atoms with E-state index in [-0.39, 0.29) is 47.2 Å². The van der Waals surface area contributed by atoms with Gasteiger partial charge in [-0.2, -0.15) is 0 Å². The number of hydrogen-bond acceptors (Lipinski definition) is 7. The first-order valence-electron chi connectivity index (χ1n) is 13.2. The van der Waals surface area contributed by atoms with E-state index in [1.54, 1.807) is 31.3 Å². The molecule has 0 aliphatic carbocycles. The van der Waals surface area contributed by atoms with E-state index in [9.17, 15) is 13.6 Å². The van der Waals surface area contributed by atoms with Gasteiger partial charge in [-0.3, -0.25) is 4.79 Å². The topological polar surface area (TPSA) is 88.6 Å². The minimum Gasteiger partial charge on any atom is -0.497 e. The quantitative estimate of drug-likeness (QED) is 0.286. The Morgan fingerprint density at radius 1 is 1.00 bits per heavy atom. The molecule has 41 heavy (non-hydrogen) atoms. The summed E-state index contributed by atoms with van der Waals surface area (Å²) in [5.41, 5.74) is 3.87. The number of hydrogen-bond donors (Lipinski definition) is 2. The number of amides is 1. The largest absolute Gasteiger partial charge is 0.497 e. The molecule has 10 heteroatoms. The number of methoxy groups -OCH3 is 2. The SMILES string of the molecule is COc1ccc(CN2Cc3nc(-c4c(F)cccc4F)nc(Nc4ccc5c(c4)NCC5(C)C)c3C2=O)c(OC)c1. The van der Waals surface area contributed by atoms with Gasteiger partial charge in [0.15, 0.2) is 5.82 Å². The standard InChI is InChI=1S/C31H29F2N5O3/c1-31(2)16-34-23-12-18(9-11-20(23)31)35-29-27-24(36-28(37-29)26-21(32)6-5-7-22(26)33)15-38(30(27)39)14-17-8-10-19(40-3)13-25(17)41-4/h5-13,34H,14-16H2,1-4H3,(H,35,36,37). The third-order valence-corrected chi connectivity index (χ3v) is 7.60. The van der Waals surface area contributed by atoms with Crippen LogP contribution in [0.4, 0.5) is 26.0 Å². The molecule has 0 saturated heterocycles. The van der Waals surface area contributed by atoms with Gasteiger partial charge in [-0.25, -0.2) is 18.7 Å². The van der Waals surface area contributed by atoms with Gasteiger partial charge in [0.25, 0.3) is 5.91 Å². The molecule has 4 aromatic rings. The van der Waals surface area contributed by atoms with Gasteiger partial charge in [-0.1, -0.05) is 26.0 Å². The molecule has 0 radical (unpaired) electrons. The Balaban J connectivity index is 1.41. The van der Waals surface area contributed by atoms with Crippen LogP contribution in [0.25, 0.3) is 11.4 Å². The van der Waals surface area contributed by atoms with Crippen molar-refractivity contribution in [1.82, 2.24) is 14.9 Å². The Labute approximate surface area is 236 Å². The second-order valence-electron chi connectivity index (χ2n) is 10.8. The van der Waals surface area contributed by atoms with Crippen LogP contribution in [0, 0.1) is 11.6 Å². The first-order chi connectivity index (χ1) is 19.7. The van der Waals surface area contributed by atoms with E-state index in [0.29, 0.717) is 22.9 Å². The van der Waals surface area contributed by atoms with Crippen molar-refractivity contribution in [2.45, 2.75) is 32.4 Å². The highest BCUT2D eigenvalue weighted by atomic mass is 19.1. The fourth-order valence-electron chi connectivity index (χ4n) is 5.39. The zero-order valence-corrected chi connectivity index (χ0v) is 23.1. The fraction of sp³-hybridized carbons (Fsp3) is 0.258. The number of carbonyl (C=O) groups is 1. The number of carbonyl (C=O) groups excluding carboxylic acids is 1. The lowest BCUT2D eigenvalue weighted by Gasteiger charge is -2.18. The monoisotopic (exact) mass is 557 g/mol. The number of rotatable bonds is 7. The van der Waals surface area contributed by atoms with E-state index in [0.717, 1.165) is 29.9 Å². The number of ether oxygens (including phenoxy) is 2. The third-order valence-electron chi connectivity index (χ3n) is 7.60. The molecule has 2 aliphatic heterocycles. The Morgan fingerprint density at radius 2 is 1.78 bits per heavy atom. The van der Waals surface area contributed by atoms with Gasteiger partial charge in [0.2, 0.25) is 0 Å². The van der Waals surface area contributed by atoms with Crippen molar-refractivity contribution in [3.05, 3.63) is 88.6 Å². The number of aromatic nitrogens is 2. The molecule has 3 aromatic carbocycles. The van der Waals surface area contributed by atoms with E-state index in [1.807, 2.05) is 24.3 Å². The van der Waals surface area contributed by atoms with Crippen LogP contribution in [0.3, 0.4) is 0 Å². The second-order valence-corrected chi connectivity index (χ2v) is 10.8. The summed E-state index contributed by atoms with van der Waals surface area (Å²) in [4.78, 5) is 24.3. The Hall–Kier alpha value is -4.73. The van der Waals surface area contributed by atoms with Gasteiger partial charge in [0, 0.05) is 35.0 Å². The lowest BCUT2D eigenvalue weighted by Crippen LogP contribution is -2.24. The molecule has 1 amide bonds. The molecule has 6 rings (SSSR count). The molecule has 2 aliphatic rings. The smallest absolute Gasteiger partial charge is 0.260 e. The van der Waals surface area contributed by atoms with Gasteiger partial charge in [0.05, 0.1) is 38.6 Å². The number of fused-ring (bicyclic) bond motifs is 2. The first kappa shape index (κ1) is 26.5. The summed E-state index contributed by atoms with van der Waals surface area (Å²) in [7, 11) is 3.12. The second kappa shape index (κ2) is 10.0. The summed E-state index contributed by atoms with van der Waals surface area (Å²) in [5, 5.41) is 6.65. The van der Waals surface area contributed by atoms with Crippen LogP contribution < -0.4 is 20.1 Å². The zero-order chi connectivity index (χ0) is 28.9. The van der Waals surface area contributed by atoms with Crippen LogP contribution in [-0.2, 0) is 18.5 Å². The summed E-state index contributed by atoms with van der Waals surface area (Å²) >= 11 is 0. The van der Waals surface area contributed by atoms with Gasteiger partial charge >= 0.3 is 0 Å². The summed E-state index contributed by atoms with van der Waals surface area (Å²) in [6, 6.07) is 14.9. The van der Waals surface area contributed by atoms with Crippen LogP contribution in [-0.4, -0.2) is 41.5 Å². The average molecular weight is 558 g/mol. The molecular weight excluding hydrogens is 528 g/mol.